The van der Waals surface area contributed by atoms with Gasteiger partial charge in [-0.25, -0.2) is 0 Å². The summed E-state index contributed by atoms with van der Waals surface area (Å²) < 4.78 is 2.06. The maximum Gasteiger partial charge on any atom is 0.230 e. The molecule has 2 aliphatic heterocycles. The summed E-state index contributed by atoms with van der Waals surface area (Å²) in [6, 6.07) is 0. The van der Waals surface area contributed by atoms with Gasteiger partial charge in [0.15, 0.2) is 0 Å². The number of piperidine rings is 1. The third kappa shape index (κ3) is 4.13. The van der Waals surface area contributed by atoms with Gasteiger partial charge in [-0.05, 0) is 44.6 Å². The second kappa shape index (κ2) is 7.34. The van der Waals surface area contributed by atoms with Gasteiger partial charge >= 0.3 is 0 Å². The van der Waals surface area contributed by atoms with Crippen LogP contribution in [0.2, 0.25) is 0 Å². The van der Waals surface area contributed by atoms with Crippen molar-refractivity contribution >= 4 is 5.91 Å². The number of aryl methyl sites for hydroxylation is 2. The first-order chi connectivity index (χ1) is 12.2. The summed E-state index contributed by atoms with van der Waals surface area (Å²) in [6.45, 7) is 16.6. The zero-order valence-electron chi connectivity index (χ0n) is 17.3. The molecule has 0 bridgehead atoms. The highest BCUT2D eigenvalue weighted by molar-refractivity contribution is 5.84. The molecule has 0 aliphatic carbocycles. The molecule has 3 rings (SSSR count). The van der Waals surface area contributed by atoms with E-state index < -0.39 is 0 Å². The molecular formula is C21H36N4O. The van der Waals surface area contributed by atoms with Crippen LogP contribution in [0.4, 0.5) is 0 Å². The van der Waals surface area contributed by atoms with Crippen molar-refractivity contribution in [2.24, 2.45) is 10.8 Å². The minimum absolute atomic E-state index is 0.142. The van der Waals surface area contributed by atoms with Gasteiger partial charge in [-0.15, -0.1) is 0 Å². The van der Waals surface area contributed by atoms with Crippen molar-refractivity contribution in [1.82, 2.24) is 19.6 Å². The highest BCUT2D eigenvalue weighted by atomic mass is 16.2. The normalized spacial score (nSPS) is 24.8. The Morgan fingerprint density at radius 1 is 1.23 bits per heavy atom. The van der Waals surface area contributed by atoms with E-state index in [-0.39, 0.29) is 10.8 Å². The third-order valence-corrected chi connectivity index (χ3v) is 5.82. The van der Waals surface area contributed by atoms with E-state index in [0.717, 1.165) is 70.6 Å². The van der Waals surface area contributed by atoms with Crippen LogP contribution in [0.3, 0.4) is 0 Å². The van der Waals surface area contributed by atoms with Crippen molar-refractivity contribution in [3.8, 4) is 0 Å². The molecule has 2 saturated heterocycles. The summed E-state index contributed by atoms with van der Waals surface area (Å²) in [5, 5.41) is 4.63. The fourth-order valence-electron chi connectivity index (χ4n) is 4.65. The van der Waals surface area contributed by atoms with Crippen LogP contribution in [0, 0.1) is 17.8 Å². The van der Waals surface area contributed by atoms with E-state index in [4.69, 9.17) is 0 Å². The molecule has 2 fully saturated rings. The van der Waals surface area contributed by atoms with Gasteiger partial charge in [0.05, 0.1) is 11.1 Å². The lowest BCUT2D eigenvalue weighted by Crippen LogP contribution is -2.52. The molecule has 26 heavy (non-hydrogen) atoms. The van der Waals surface area contributed by atoms with Gasteiger partial charge in [0.25, 0.3) is 0 Å². The van der Waals surface area contributed by atoms with Crippen molar-refractivity contribution in [2.75, 3.05) is 26.2 Å². The number of likely N-dealkylation sites (tertiary alicyclic amines) is 2. The van der Waals surface area contributed by atoms with Gasteiger partial charge in [0, 0.05) is 44.5 Å². The molecule has 0 saturated carbocycles. The summed E-state index contributed by atoms with van der Waals surface area (Å²) in [5.74, 6) is 0.402. The summed E-state index contributed by atoms with van der Waals surface area (Å²) in [4.78, 5) is 17.9. The van der Waals surface area contributed by atoms with Gasteiger partial charge in [-0.1, -0.05) is 27.7 Å². The predicted octanol–water partition coefficient (Wildman–Crippen LogP) is 3.46. The second-order valence-corrected chi connectivity index (χ2v) is 9.63. The highest BCUT2D eigenvalue weighted by Gasteiger charge is 2.48. The van der Waals surface area contributed by atoms with Gasteiger partial charge < -0.3 is 4.90 Å². The van der Waals surface area contributed by atoms with E-state index in [1.807, 2.05) is 0 Å². The molecule has 1 amide bonds. The highest BCUT2D eigenvalue weighted by Crippen LogP contribution is 2.41. The van der Waals surface area contributed by atoms with Gasteiger partial charge in [0.2, 0.25) is 5.91 Å². The molecule has 2 aliphatic rings. The lowest BCUT2D eigenvalue weighted by molar-refractivity contribution is -0.147. The van der Waals surface area contributed by atoms with E-state index in [0.29, 0.717) is 5.91 Å². The van der Waals surface area contributed by atoms with Crippen LogP contribution >= 0.6 is 0 Å². The zero-order chi connectivity index (χ0) is 18.9. The van der Waals surface area contributed by atoms with Crippen LogP contribution in [-0.2, 0) is 17.9 Å². The van der Waals surface area contributed by atoms with Gasteiger partial charge in [0.1, 0.15) is 0 Å². The Hall–Kier alpha value is -1.36. The molecule has 5 heteroatoms. The smallest absolute Gasteiger partial charge is 0.230 e. The third-order valence-electron chi connectivity index (χ3n) is 5.82. The van der Waals surface area contributed by atoms with Crippen molar-refractivity contribution in [3.05, 3.63) is 17.5 Å². The fraction of sp³-hybridized carbons (Fsp3) is 0.810. The number of hydrogen-bond donors (Lipinski definition) is 0. The Morgan fingerprint density at radius 2 is 2.00 bits per heavy atom. The molecule has 1 atom stereocenters. The molecule has 5 nitrogen and oxygen atoms in total. The Kier molecular flexibility index (Phi) is 5.48. The molecule has 1 aromatic heterocycles. The van der Waals surface area contributed by atoms with Crippen LogP contribution in [0.15, 0.2) is 6.20 Å². The quantitative estimate of drug-likeness (QED) is 0.807. The van der Waals surface area contributed by atoms with Crippen LogP contribution in [-0.4, -0.2) is 51.7 Å². The standard InChI is InChI=1S/C21H36N4O/c1-6-10-25-14-18(17(2)22-25)13-23-12-9-21(16-23)8-7-11-24(19(21)26)15-20(3,4)5/h14H,6-13,15-16H2,1-5H3. The monoisotopic (exact) mass is 360 g/mol. The minimum atomic E-state index is -0.142. The maximum atomic E-state index is 13.3. The summed E-state index contributed by atoms with van der Waals surface area (Å²) in [7, 11) is 0. The first-order valence-electron chi connectivity index (χ1n) is 10.3. The summed E-state index contributed by atoms with van der Waals surface area (Å²) in [5.41, 5.74) is 2.46. The van der Waals surface area contributed by atoms with E-state index in [9.17, 15) is 4.79 Å². The summed E-state index contributed by atoms with van der Waals surface area (Å²) in [6.07, 6.45) is 6.50. The minimum Gasteiger partial charge on any atom is -0.342 e. The van der Waals surface area contributed by atoms with E-state index in [2.05, 4.69) is 60.4 Å². The lowest BCUT2D eigenvalue weighted by atomic mass is 9.77. The van der Waals surface area contributed by atoms with E-state index in [1.54, 1.807) is 0 Å². The fourth-order valence-corrected chi connectivity index (χ4v) is 4.65. The largest absolute Gasteiger partial charge is 0.342 e. The topological polar surface area (TPSA) is 41.4 Å². The average Bonchev–Trinajstić information content (AvgIpc) is 3.09. The van der Waals surface area contributed by atoms with Crippen molar-refractivity contribution in [3.63, 3.8) is 0 Å². The maximum absolute atomic E-state index is 13.3. The Labute approximate surface area is 158 Å². The number of aromatic nitrogens is 2. The number of rotatable bonds is 5. The number of carbonyl (C=O) groups is 1. The molecule has 3 heterocycles. The van der Waals surface area contributed by atoms with Crippen LogP contribution in [0.5, 0.6) is 0 Å². The Morgan fingerprint density at radius 3 is 2.69 bits per heavy atom. The predicted molar refractivity (Wildman–Crippen MR) is 105 cm³/mol. The van der Waals surface area contributed by atoms with E-state index in [1.165, 1.54) is 5.56 Å². The molecular weight excluding hydrogens is 324 g/mol. The van der Waals surface area contributed by atoms with E-state index >= 15 is 0 Å². The first kappa shape index (κ1) is 19.4. The molecule has 0 radical (unpaired) electrons. The molecule has 1 aromatic rings. The number of amides is 1. The molecule has 146 valence electrons. The number of nitrogens with zero attached hydrogens (tertiary/aromatic N) is 4. The van der Waals surface area contributed by atoms with Crippen molar-refractivity contribution in [2.45, 2.75) is 73.4 Å². The molecule has 0 N–H and O–H groups in total. The number of carbonyl (C=O) groups excluding carboxylic acids is 1. The second-order valence-electron chi connectivity index (χ2n) is 9.63. The van der Waals surface area contributed by atoms with Crippen molar-refractivity contribution < 1.29 is 4.79 Å². The Bertz CT molecular complexity index is 645. The van der Waals surface area contributed by atoms with Crippen LogP contribution in [0.25, 0.3) is 0 Å². The SMILES string of the molecule is CCCn1cc(CN2CCC3(CCCN(CC(C)(C)C)C3=O)C2)c(C)n1. The number of hydrogen-bond acceptors (Lipinski definition) is 3. The average molecular weight is 361 g/mol. The lowest BCUT2D eigenvalue weighted by Gasteiger charge is -2.42. The molecule has 1 unspecified atom stereocenters. The summed E-state index contributed by atoms with van der Waals surface area (Å²) >= 11 is 0. The molecule has 0 aromatic carbocycles. The first-order valence-corrected chi connectivity index (χ1v) is 10.3. The zero-order valence-corrected chi connectivity index (χ0v) is 17.3. The van der Waals surface area contributed by atoms with Crippen molar-refractivity contribution in [1.29, 1.82) is 0 Å². The van der Waals surface area contributed by atoms with Gasteiger partial charge in [-0.2, -0.15) is 5.10 Å². The Balaban J connectivity index is 1.66. The van der Waals surface area contributed by atoms with Crippen LogP contribution < -0.4 is 0 Å². The van der Waals surface area contributed by atoms with Crippen LogP contribution in [0.1, 0.15) is 64.6 Å². The molecule has 1 spiro atoms. The van der Waals surface area contributed by atoms with Gasteiger partial charge in [-0.3, -0.25) is 14.4 Å².